The fourth-order valence-corrected chi connectivity index (χ4v) is 3.68. The molecule has 0 bridgehead atoms. The van der Waals surface area contributed by atoms with E-state index in [4.69, 9.17) is 17.3 Å². The first kappa shape index (κ1) is 17.8. The first-order valence-corrected chi connectivity index (χ1v) is 8.67. The van der Waals surface area contributed by atoms with Gasteiger partial charge in [0.15, 0.2) is 0 Å². The minimum absolute atomic E-state index is 0.0933. The minimum atomic E-state index is -0.565. The van der Waals surface area contributed by atoms with Crippen molar-refractivity contribution in [2.24, 2.45) is 11.7 Å². The number of likely N-dealkylation sites (tertiary alicyclic amines) is 1. The molecule has 0 aliphatic carbocycles. The zero-order valence-electron chi connectivity index (χ0n) is 13.8. The number of nitrogens with zero attached hydrogens (tertiary/aromatic N) is 1. The fourth-order valence-electron chi connectivity index (χ4n) is 3.55. The summed E-state index contributed by atoms with van der Waals surface area (Å²) in [5.41, 5.74) is 5.86. The number of nitrogens with two attached hydrogens (primary N) is 1. The van der Waals surface area contributed by atoms with Crippen molar-refractivity contribution in [2.75, 3.05) is 13.1 Å². The number of hydrogen-bond donors (Lipinski definition) is 1. The Labute approximate surface area is 143 Å². The van der Waals surface area contributed by atoms with Gasteiger partial charge in [-0.3, -0.25) is 9.59 Å². The van der Waals surface area contributed by atoms with Crippen LogP contribution in [0.25, 0.3) is 0 Å². The molecule has 0 spiro atoms. The van der Waals surface area contributed by atoms with E-state index >= 15 is 0 Å². The van der Waals surface area contributed by atoms with Crippen LogP contribution in [0.15, 0.2) is 24.3 Å². The average Bonchev–Trinajstić information content (AvgIpc) is 2.57. The van der Waals surface area contributed by atoms with Crippen LogP contribution in [0, 0.1) is 5.92 Å². The van der Waals surface area contributed by atoms with E-state index in [1.165, 1.54) is 0 Å². The van der Waals surface area contributed by atoms with Gasteiger partial charge in [-0.15, -0.1) is 0 Å². The lowest BCUT2D eigenvalue weighted by atomic mass is 9.74. The maximum Gasteiger partial charge on any atom is 0.233 e. The first-order valence-electron chi connectivity index (χ1n) is 8.29. The zero-order chi connectivity index (χ0) is 17.0. The summed E-state index contributed by atoms with van der Waals surface area (Å²) < 4.78 is 0. The van der Waals surface area contributed by atoms with Crippen LogP contribution in [0.4, 0.5) is 0 Å². The summed E-state index contributed by atoms with van der Waals surface area (Å²) in [6.45, 7) is 5.19. The highest BCUT2D eigenvalue weighted by Crippen LogP contribution is 2.35. The van der Waals surface area contributed by atoms with Crippen LogP contribution in [0.5, 0.6) is 0 Å². The molecule has 1 heterocycles. The number of hydrogen-bond acceptors (Lipinski definition) is 2. The molecule has 1 aromatic carbocycles. The lowest BCUT2D eigenvalue weighted by Crippen LogP contribution is -2.51. The predicted molar refractivity (Wildman–Crippen MR) is 92.2 cm³/mol. The summed E-state index contributed by atoms with van der Waals surface area (Å²) in [7, 11) is 0. The quantitative estimate of drug-likeness (QED) is 0.897. The molecule has 1 aliphatic heterocycles. The molecule has 1 unspecified atom stereocenters. The van der Waals surface area contributed by atoms with Crippen molar-refractivity contribution < 1.29 is 9.59 Å². The Morgan fingerprint density at radius 3 is 2.39 bits per heavy atom. The summed E-state index contributed by atoms with van der Waals surface area (Å²) in [6.07, 6.45) is 3.01. The van der Waals surface area contributed by atoms with Gasteiger partial charge < -0.3 is 10.6 Å². The minimum Gasteiger partial charge on any atom is -0.369 e. The smallest absolute Gasteiger partial charge is 0.233 e. The van der Waals surface area contributed by atoms with E-state index in [1.54, 1.807) is 0 Å². The number of rotatable bonds is 5. The second-order valence-electron chi connectivity index (χ2n) is 6.29. The third kappa shape index (κ3) is 3.52. The molecular formula is C18H25ClN2O2. The fraction of sp³-hybridized carbons (Fsp3) is 0.556. The van der Waals surface area contributed by atoms with Crippen molar-refractivity contribution in [3.8, 4) is 0 Å². The highest BCUT2D eigenvalue weighted by molar-refractivity contribution is 6.30. The van der Waals surface area contributed by atoms with Gasteiger partial charge >= 0.3 is 0 Å². The van der Waals surface area contributed by atoms with E-state index in [9.17, 15) is 9.59 Å². The summed E-state index contributed by atoms with van der Waals surface area (Å²) in [5.74, 6) is -0.451. The van der Waals surface area contributed by atoms with Gasteiger partial charge in [0.1, 0.15) is 0 Å². The lowest BCUT2D eigenvalue weighted by molar-refractivity contribution is -0.141. The molecule has 1 atom stereocenters. The van der Waals surface area contributed by atoms with Gasteiger partial charge in [0.25, 0.3) is 0 Å². The summed E-state index contributed by atoms with van der Waals surface area (Å²) in [5, 5.41) is 0.661. The largest absolute Gasteiger partial charge is 0.369 e. The summed E-state index contributed by atoms with van der Waals surface area (Å²) in [4.78, 5) is 26.6. The van der Waals surface area contributed by atoms with Crippen molar-refractivity contribution in [1.82, 2.24) is 4.90 Å². The number of halogens is 1. The Morgan fingerprint density at radius 2 is 1.87 bits per heavy atom. The molecule has 5 heteroatoms. The van der Waals surface area contributed by atoms with E-state index in [2.05, 4.69) is 0 Å². The third-order valence-corrected chi connectivity index (χ3v) is 5.38. The highest BCUT2D eigenvalue weighted by atomic mass is 35.5. The van der Waals surface area contributed by atoms with Crippen molar-refractivity contribution in [3.63, 3.8) is 0 Å². The number of piperidine rings is 1. The Morgan fingerprint density at radius 1 is 1.26 bits per heavy atom. The molecule has 1 fully saturated rings. The summed E-state index contributed by atoms with van der Waals surface area (Å²) in [6, 6.07) is 7.52. The normalized spacial score (nSPS) is 18.7. The van der Waals surface area contributed by atoms with Crippen LogP contribution < -0.4 is 5.73 Å². The third-order valence-electron chi connectivity index (χ3n) is 5.12. The van der Waals surface area contributed by atoms with E-state index in [1.807, 2.05) is 43.0 Å². The van der Waals surface area contributed by atoms with E-state index in [0.717, 1.165) is 18.4 Å². The Balaban J connectivity index is 2.31. The Kier molecular flexibility index (Phi) is 5.69. The van der Waals surface area contributed by atoms with Gasteiger partial charge in [0.05, 0.1) is 11.3 Å². The van der Waals surface area contributed by atoms with Gasteiger partial charge in [0, 0.05) is 18.1 Å². The maximum absolute atomic E-state index is 13.3. The van der Waals surface area contributed by atoms with E-state index < -0.39 is 5.41 Å². The number of carbonyl (C=O) groups is 2. The van der Waals surface area contributed by atoms with Gasteiger partial charge in [-0.1, -0.05) is 37.6 Å². The Hall–Kier alpha value is -1.55. The molecule has 1 aliphatic rings. The predicted octanol–water partition coefficient (Wildman–Crippen LogP) is 3.12. The molecule has 0 saturated carbocycles. The molecule has 4 nitrogen and oxygen atoms in total. The topological polar surface area (TPSA) is 63.4 Å². The molecule has 126 valence electrons. The van der Waals surface area contributed by atoms with Crippen LogP contribution in [-0.4, -0.2) is 29.8 Å². The molecule has 23 heavy (non-hydrogen) atoms. The molecular weight excluding hydrogens is 312 g/mol. The number of benzene rings is 1. The first-order chi connectivity index (χ1) is 10.9. The highest BCUT2D eigenvalue weighted by Gasteiger charge is 2.41. The van der Waals surface area contributed by atoms with Crippen LogP contribution >= 0.6 is 11.6 Å². The van der Waals surface area contributed by atoms with Crippen molar-refractivity contribution in [3.05, 3.63) is 34.9 Å². The second kappa shape index (κ2) is 7.35. The number of amides is 2. The van der Waals surface area contributed by atoms with Crippen molar-refractivity contribution in [1.29, 1.82) is 0 Å². The molecule has 2 amide bonds. The monoisotopic (exact) mass is 336 g/mol. The van der Waals surface area contributed by atoms with Gasteiger partial charge in [-0.25, -0.2) is 0 Å². The standard InChI is InChI=1S/C18H25ClN2O2/c1-3-18(4-2,14-7-9-15(19)10-8-14)17(23)21-11-5-6-13(12-21)16(20)22/h7-10,13H,3-6,11-12H2,1-2H3,(H2,20,22). The van der Waals surface area contributed by atoms with Crippen LogP contribution in [0.3, 0.4) is 0 Å². The molecule has 0 aromatic heterocycles. The van der Waals surface area contributed by atoms with Crippen LogP contribution in [0.1, 0.15) is 45.1 Å². The molecule has 2 N–H and O–H groups in total. The van der Waals surface area contributed by atoms with E-state index in [-0.39, 0.29) is 17.7 Å². The SMILES string of the molecule is CCC(CC)(C(=O)N1CCCC(C(N)=O)C1)c1ccc(Cl)cc1. The lowest BCUT2D eigenvalue weighted by Gasteiger charge is -2.40. The van der Waals surface area contributed by atoms with Gasteiger partial charge in [-0.2, -0.15) is 0 Å². The van der Waals surface area contributed by atoms with E-state index in [0.29, 0.717) is 31.0 Å². The zero-order valence-corrected chi connectivity index (χ0v) is 14.6. The maximum atomic E-state index is 13.3. The second-order valence-corrected chi connectivity index (χ2v) is 6.73. The van der Waals surface area contributed by atoms with Gasteiger partial charge in [0.2, 0.25) is 11.8 Å². The van der Waals surface area contributed by atoms with Crippen molar-refractivity contribution in [2.45, 2.75) is 44.9 Å². The molecule has 2 rings (SSSR count). The van der Waals surface area contributed by atoms with Crippen LogP contribution in [-0.2, 0) is 15.0 Å². The average molecular weight is 337 g/mol. The molecule has 0 radical (unpaired) electrons. The van der Waals surface area contributed by atoms with Gasteiger partial charge in [-0.05, 0) is 43.4 Å². The number of primary amides is 1. The Bertz CT molecular complexity index is 567. The summed E-state index contributed by atoms with van der Waals surface area (Å²) >= 11 is 5.98. The van der Waals surface area contributed by atoms with Crippen molar-refractivity contribution >= 4 is 23.4 Å². The van der Waals surface area contributed by atoms with Crippen LogP contribution in [0.2, 0.25) is 5.02 Å². The molecule has 1 aromatic rings. The number of carbonyl (C=O) groups excluding carboxylic acids is 2. The molecule has 1 saturated heterocycles.